The van der Waals surface area contributed by atoms with Gasteiger partial charge in [-0.25, -0.2) is 4.98 Å². The van der Waals surface area contributed by atoms with Crippen molar-refractivity contribution in [2.75, 3.05) is 18.0 Å². The van der Waals surface area contributed by atoms with E-state index in [9.17, 15) is 4.79 Å². The van der Waals surface area contributed by atoms with Gasteiger partial charge in [-0.05, 0) is 43.2 Å². The molecule has 0 atom stereocenters. The SMILES string of the molecule is Cc1cc(C)c2c(c1)OC1(CCN(c3cnc4ccccc4n3)CC1)CC2=O. The smallest absolute Gasteiger partial charge is 0.170 e. The summed E-state index contributed by atoms with van der Waals surface area (Å²) >= 11 is 0. The van der Waals surface area contributed by atoms with Crippen molar-refractivity contribution in [3.63, 3.8) is 0 Å². The first-order valence-electron chi connectivity index (χ1n) is 9.83. The minimum atomic E-state index is -0.398. The summed E-state index contributed by atoms with van der Waals surface area (Å²) in [5, 5.41) is 0. The molecule has 2 aromatic carbocycles. The van der Waals surface area contributed by atoms with Crippen molar-refractivity contribution in [1.82, 2.24) is 9.97 Å². The number of ether oxygens (including phenoxy) is 1. The van der Waals surface area contributed by atoms with E-state index in [0.717, 1.165) is 65.2 Å². The summed E-state index contributed by atoms with van der Waals surface area (Å²) in [5.41, 5.74) is 4.32. The van der Waals surface area contributed by atoms with E-state index < -0.39 is 5.60 Å². The number of aryl methyl sites for hydroxylation is 2. The number of aromatic nitrogens is 2. The number of hydrogen-bond acceptors (Lipinski definition) is 5. The third-order valence-electron chi connectivity index (χ3n) is 5.97. The Hall–Kier alpha value is -2.95. The van der Waals surface area contributed by atoms with Gasteiger partial charge in [-0.15, -0.1) is 0 Å². The third-order valence-corrected chi connectivity index (χ3v) is 5.97. The zero-order valence-electron chi connectivity index (χ0n) is 16.2. The highest BCUT2D eigenvalue weighted by Crippen LogP contribution is 2.41. The Morgan fingerprint density at radius 2 is 1.82 bits per heavy atom. The largest absolute Gasteiger partial charge is 0.486 e. The number of rotatable bonds is 1. The van der Waals surface area contributed by atoms with Gasteiger partial charge >= 0.3 is 0 Å². The molecule has 0 unspecified atom stereocenters. The molecule has 3 heterocycles. The molecule has 5 heteroatoms. The fraction of sp³-hybridized carbons (Fsp3) is 0.348. The van der Waals surface area contributed by atoms with E-state index in [1.165, 1.54) is 0 Å². The normalized spacial score (nSPS) is 18.2. The monoisotopic (exact) mass is 373 g/mol. The summed E-state index contributed by atoms with van der Waals surface area (Å²) < 4.78 is 6.46. The first kappa shape index (κ1) is 17.2. The van der Waals surface area contributed by atoms with Gasteiger partial charge in [0.1, 0.15) is 17.2 Å². The molecule has 3 aromatic rings. The summed E-state index contributed by atoms with van der Waals surface area (Å²) in [6.45, 7) is 5.65. The quantitative estimate of drug-likeness (QED) is 0.638. The summed E-state index contributed by atoms with van der Waals surface area (Å²) in [7, 11) is 0. The lowest BCUT2D eigenvalue weighted by Gasteiger charge is -2.44. The molecule has 142 valence electrons. The van der Waals surface area contributed by atoms with E-state index in [0.29, 0.717) is 6.42 Å². The number of fused-ring (bicyclic) bond motifs is 2. The molecule has 5 nitrogen and oxygen atoms in total. The van der Waals surface area contributed by atoms with Crippen LogP contribution in [0.25, 0.3) is 11.0 Å². The van der Waals surface area contributed by atoms with Crippen molar-refractivity contribution in [1.29, 1.82) is 0 Å². The second-order valence-corrected chi connectivity index (χ2v) is 8.04. The minimum absolute atomic E-state index is 0.206. The lowest BCUT2D eigenvalue weighted by atomic mass is 9.81. The van der Waals surface area contributed by atoms with Gasteiger partial charge in [0, 0.05) is 25.9 Å². The van der Waals surface area contributed by atoms with Gasteiger partial charge in [0.15, 0.2) is 5.78 Å². The lowest BCUT2D eigenvalue weighted by Crippen LogP contribution is -2.51. The molecule has 0 amide bonds. The maximum absolute atomic E-state index is 12.9. The first-order valence-corrected chi connectivity index (χ1v) is 9.83. The number of piperidine rings is 1. The molecule has 5 rings (SSSR count). The molecule has 2 aliphatic rings. The zero-order valence-corrected chi connectivity index (χ0v) is 16.2. The van der Waals surface area contributed by atoms with E-state index in [-0.39, 0.29) is 5.78 Å². The van der Waals surface area contributed by atoms with Crippen LogP contribution in [0, 0.1) is 13.8 Å². The van der Waals surface area contributed by atoms with Crippen LogP contribution in [0.5, 0.6) is 5.75 Å². The van der Waals surface area contributed by atoms with Crippen LogP contribution in [0.4, 0.5) is 5.82 Å². The van der Waals surface area contributed by atoms with Gasteiger partial charge in [-0.2, -0.15) is 0 Å². The highest BCUT2D eigenvalue weighted by atomic mass is 16.5. The summed E-state index contributed by atoms with van der Waals surface area (Å²) in [6.07, 6.45) is 3.91. The highest BCUT2D eigenvalue weighted by molar-refractivity contribution is 6.01. The average Bonchev–Trinajstić information content (AvgIpc) is 2.67. The Kier molecular flexibility index (Phi) is 3.86. The van der Waals surface area contributed by atoms with E-state index in [1.54, 1.807) is 0 Å². The predicted molar refractivity (Wildman–Crippen MR) is 109 cm³/mol. The molecule has 0 saturated carbocycles. The van der Waals surface area contributed by atoms with E-state index in [1.807, 2.05) is 50.4 Å². The molecule has 1 saturated heterocycles. The van der Waals surface area contributed by atoms with Crippen LogP contribution in [-0.4, -0.2) is 34.4 Å². The third kappa shape index (κ3) is 2.82. The summed E-state index contributed by atoms with van der Waals surface area (Å²) in [5.74, 6) is 1.85. The van der Waals surface area contributed by atoms with Gasteiger partial charge in [0.2, 0.25) is 0 Å². The molecule has 28 heavy (non-hydrogen) atoms. The van der Waals surface area contributed by atoms with Crippen molar-refractivity contribution in [2.45, 2.75) is 38.7 Å². The van der Waals surface area contributed by atoms with Crippen LogP contribution < -0.4 is 9.64 Å². The maximum atomic E-state index is 12.9. The highest BCUT2D eigenvalue weighted by Gasteiger charge is 2.43. The van der Waals surface area contributed by atoms with Gasteiger partial charge in [-0.3, -0.25) is 9.78 Å². The average molecular weight is 373 g/mol. The number of anilines is 1. The number of benzene rings is 2. The maximum Gasteiger partial charge on any atom is 0.170 e. The van der Waals surface area contributed by atoms with Crippen molar-refractivity contribution in [2.24, 2.45) is 0 Å². The van der Waals surface area contributed by atoms with Crippen LogP contribution in [0.1, 0.15) is 40.7 Å². The minimum Gasteiger partial charge on any atom is -0.486 e. The molecule has 0 aliphatic carbocycles. The van der Waals surface area contributed by atoms with Gasteiger partial charge in [0.25, 0.3) is 0 Å². The molecule has 1 aromatic heterocycles. The van der Waals surface area contributed by atoms with Gasteiger partial charge in [-0.1, -0.05) is 18.2 Å². The Morgan fingerprint density at radius 1 is 1.07 bits per heavy atom. The van der Waals surface area contributed by atoms with Crippen LogP contribution in [0.3, 0.4) is 0 Å². The molecular formula is C23H23N3O2. The number of carbonyl (C=O) groups is 1. The fourth-order valence-electron chi connectivity index (χ4n) is 4.54. The molecule has 2 aliphatic heterocycles. The molecular weight excluding hydrogens is 350 g/mol. The summed E-state index contributed by atoms with van der Waals surface area (Å²) in [6, 6.07) is 12.0. The number of para-hydroxylation sites is 2. The zero-order chi connectivity index (χ0) is 19.3. The van der Waals surface area contributed by atoms with Crippen LogP contribution in [0.2, 0.25) is 0 Å². The Morgan fingerprint density at radius 3 is 2.61 bits per heavy atom. The van der Waals surface area contributed by atoms with Crippen molar-refractivity contribution >= 4 is 22.6 Å². The van der Waals surface area contributed by atoms with Crippen molar-refractivity contribution in [3.8, 4) is 5.75 Å². The van der Waals surface area contributed by atoms with Crippen LogP contribution in [0.15, 0.2) is 42.6 Å². The molecule has 1 fully saturated rings. The Bertz CT molecular complexity index is 1080. The van der Waals surface area contributed by atoms with Crippen LogP contribution >= 0.6 is 0 Å². The molecule has 0 radical (unpaired) electrons. The summed E-state index contributed by atoms with van der Waals surface area (Å²) in [4.78, 5) is 24.4. The number of Topliss-reactive ketones (excluding diaryl/α,β-unsaturated/α-hetero) is 1. The Balaban J connectivity index is 1.38. The predicted octanol–water partition coefficient (Wildman–Crippen LogP) is 4.25. The number of carbonyl (C=O) groups excluding carboxylic acids is 1. The van der Waals surface area contributed by atoms with E-state index in [4.69, 9.17) is 9.72 Å². The Labute approximate surface area is 164 Å². The number of ketones is 1. The first-order chi connectivity index (χ1) is 13.5. The van der Waals surface area contributed by atoms with Crippen molar-refractivity contribution < 1.29 is 9.53 Å². The molecule has 0 N–H and O–H groups in total. The molecule has 0 bridgehead atoms. The fourth-order valence-corrected chi connectivity index (χ4v) is 4.54. The lowest BCUT2D eigenvalue weighted by molar-refractivity contribution is 0.0229. The second kappa shape index (κ2) is 6.30. The van der Waals surface area contributed by atoms with Gasteiger partial charge < -0.3 is 9.64 Å². The van der Waals surface area contributed by atoms with Gasteiger partial charge in [0.05, 0.1) is 29.2 Å². The number of nitrogens with zero attached hydrogens (tertiary/aromatic N) is 3. The van der Waals surface area contributed by atoms with Crippen molar-refractivity contribution in [3.05, 3.63) is 59.3 Å². The standard InChI is InChI=1S/C23H23N3O2/c1-15-11-16(2)22-19(27)13-23(28-20(22)12-15)7-9-26(10-8-23)21-14-24-17-5-3-4-6-18(17)25-21/h3-6,11-12,14H,7-10,13H2,1-2H3. The topological polar surface area (TPSA) is 55.3 Å². The van der Waals surface area contributed by atoms with Crippen LogP contribution in [-0.2, 0) is 0 Å². The molecule has 1 spiro atoms. The second-order valence-electron chi connectivity index (χ2n) is 8.04. The van der Waals surface area contributed by atoms with E-state index >= 15 is 0 Å². The number of hydrogen-bond donors (Lipinski definition) is 0. The van der Waals surface area contributed by atoms with E-state index in [2.05, 4.69) is 16.0 Å².